The van der Waals surface area contributed by atoms with Gasteiger partial charge in [0.25, 0.3) is 0 Å². The minimum absolute atomic E-state index is 0.0180. The van der Waals surface area contributed by atoms with Crippen LogP contribution in [0.1, 0.15) is 18.9 Å². The van der Waals surface area contributed by atoms with Crippen molar-refractivity contribution in [3.05, 3.63) is 65.5 Å². The Labute approximate surface area is 149 Å². The second-order valence-corrected chi connectivity index (χ2v) is 5.71. The van der Waals surface area contributed by atoms with Gasteiger partial charge in [0.2, 0.25) is 11.8 Å². The monoisotopic (exact) mass is 364 g/mol. The summed E-state index contributed by atoms with van der Waals surface area (Å²) >= 11 is 0. The van der Waals surface area contributed by atoms with Gasteiger partial charge in [0.15, 0.2) is 11.6 Å². The molecule has 138 valence electrons. The van der Waals surface area contributed by atoms with Crippen LogP contribution in [0.2, 0.25) is 0 Å². The summed E-state index contributed by atoms with van der Waals surface area (Å²) in [5.41, 5.74) is 0.676. The van der Waals surface area contributed by atoms with Crippen LogP contribution in [0.5, 0.6) is 0 Å². The predicted octanol–water partition coefficient (Wildman–Crippen LogP) is 3.21. The Morgan fingerprint density at radius 3 is 2.38 bits per heavy atom. The van der Waals surface area contributed by atoms with Crippen LogP contribution in [-0.2, 0) is 16.0 Å². The molecule has 26 heavy (non-hydrogen) atoms. The summed E-state index contributed by atoms with van der Waals surface area (Å²) in [6, 6.07) is 9.41. The standard InChI is InChI=1S/C19H19F3N2O2/c1-13(25)24(15-6-7-17(21)18(22)12-15)11-9-19(26)23-10-8-14-4-2-3-5-16(14)20/h2-7,12H,8-11H2,1H3,(H,23,26). The van der Waals surface area contributed by atoms with Crippen LogP contribution in [0.25, 0.3) is 0 Å². The van der Waals surface area contributed by atoms with Crippen molar-refractivity contribution in [1.82, 2.24) is 5.32 Å². The molecule has 0 fully saturated rings. The molecule has 0 saturated heterocycles. The summed E-state index contributed by atoms with van der Waals surface area (Å²) in [4.78, 5) is 24.8. The van der Waals surface area contributed by atoms with Crippen molar-refractivity contribution in [1.29, 1.82) is 0 Å². The van der Waals surface area contributed by atoms with E-state index in [0.717, 1.165) is 12.1 Å². The molecule has 0 unspecified atom stereocenters. The summed E-state index contributed by atoms with van der Waals surface area (Å²) in [6.07, 6.45) is 0.327. The van der Waals surface area contributed by atoms with Gasteiger partial charge >= 0.3 is 0 Å². The average molecular weight is 364 g/mol. The quantitative estimate of drug-likeness (QED) is 0.820. The van der Waals surface area contributed by atoms with Crippen LogP contribution in [0.4, 0.5) is 18.9 Å². The molecule has 2 rings (SSSR count). The summed E-state index contributed by atoms with van der Waals surface area (Å²) in [7, 11) is 0. The Morgan fingerprint density at radius 1 is 1.00 bits per heavy atom. The molecular formula is C19H19F3N2O2. The number of halogens is 3. The highest BCUT2D eigenvalue weighted by Crippen LogP contribution is 2.18. The van der Waals surface area contributed by atoms with Crippen molar-refractivity contribution >= 4 is 17.5 Å². The maximum absolute atomic E-state index is 13.5. The molecule has 0 spiro atoms. The van der Waals surface area contributed by atoms with E-state index in [1.165, 1.54) is 24.0 Å². The Hall–Kier alpha value is -2.83. The third-order valence-electron chi connectivity index (χ3n) is 3.83. The molecule has 2 aromatic carbocycles. The lowest BCUT2D eigenvalue weighted by Crippen LogP contribution is -2.34. The first-order valence-electron chi connectivity index (χ1n) is 8.11. The molecular weight excluding hydrogens is 345 g/mol. The van der Waals surface area contributed by atoms with E-state index in [1.54, 1.807) is 18.2 Å². The molecule has 2 amide bonds. The first-order chi connectivity index (χ1) is 12.4. The van der Waals surface area contributed by atoms with E-state index in [-0.39, 0.29) is 36.9 Å². The number of hydrogen-bond acceptors (Lipinski definition) is 2. The lowest BCUT2D eigenvalue weighted by molar-refractivity contribution is -0.121. The molecule has 7 heteroatoms. The zero-order chi connectivity index (χ0) is 19.1. The van der Waals surface area contributed by atoms with Gasteiger partial charge in [-0.05, 0) is 30.2 Å². The molecule has 0 bridgehead atoms. The number of hydrogen-bond donors (Lipinski definition) is 1. The van der Waals surface area contributed by atoms with Crippen molar-refractivity contribution in [2.45, 2.75) is 19.8 Å². The molecule has 0 aliphatic heterocycles. The predicted molar refractivity (Wildman–Crippen MR) is 92.1 cm³/mol. The number of carbonyl (C=O) groups excluding carboxylic acids is 2. The highest BCUT2D eigenvalue weighted by molar-refractivity contribution is 5.92. The Balaban J connectivity index is 1.86. The lowest BCUT2D eigenvalue weighted by Gasteiger charge is -2.21. The van der Waals surface area contributed by atoms with E-state index in [4.69, 9.17) is 0 Å². The van der Waals surface area contributed by atoms with Gasteiger partial charge in [-0.2, -0.15) is 0 Å². The number of nitrogens with zero attached hydrogens (tertiary/aromatic N) is 1. The topological polar surface area (TPSA) is 49.4 Å². The SMILES string of the molecule is CC(=O)N(CCC(=O)NCCc1ccccc1F)c1ccc(F)c(F)c1. The first-order valence-corrected chi connectivity index (χ1v) is 8.11. The number of rotatable bonds is 7. The molecule has 0 radical (unpaired) electrons. The second-order valence-electron chi connectivity index (χ2n) is 5.71. The van der Waals surface area contributed by atoms with Crippen molar-refractivity contribution < 1.29 is 22.8 Å². The number of amides is 2. The van der Waals surface area contributed by atoms with Crippen LogP contribution in [0.3, 0.4) is 0 Å². The summed E-state index contributed by atoms with van der Waals surface area (Å²) in [6.45, 7) is 1.55. The minimum Gasteiger partial charge on any atom is -0.356 e. The fourth-order valence-electron chi connectivity index (χ4n) is 2.46. The van der Waals surface area contributed by atoms with Crippen LogP contribution < -0.4 is 10.2 Å². The number of benzene rings is 2. The van der Waals surface area contributed by atoms with Crippen molar-refractivity contribution in [2.75, 3.05) is 18.0 Å². The van der Waals surface area contributed by atoms with Gasteiger partial charge in [0.1, 0.15) is 5.82 Å². The Bertz CT molecular complexity index is 796. The highest BCUT2D eigenvalue weighted by atomic mass is 19.2. The summed E-state index contributed by atoms with van der Waals surface area (Å²) in [5.74, 6) is -3.13. The van der Waals surface area contributed by atoms with Gasteiger partial charge in [-0.15, -0.1) is 0 Å². The van der Waals surface area contributed by atoms with E-state index in [0.29, 0.717) is 12.0 Å². The van der Waals surface area contributed by atoms with Crippen LogP contribution in [-0.4, -0.2) is 24.9 Å². The molecule has 0 aromatic heterocycles. The van der Waals surface area contributed by atoms with E-state index < -0.39 is 17.5 Å². The molecule has 0 heterocycles. The molecule has 0 aliphatic rings. The Morgan fingerprint density at radius 2 is 1.73 bits per heavy atom. The molecule has 2 aromatic rings. The third kappa shape index (κ3) is 5.34. The second kappa shape index (κ2) is 9.03. The van der Waals surface area contributed by atoms with Crippen molar-refractivity contribution in [3.8, 4) is 0 Å². The number of carbonyl (C=O) groups is 2. The largest absolute Gasteiger partial charge is 0.356 e. The smallest absolute Gasteiger partial charge is 0.223 e. The zero-order valence-corrected chi connectivity index (χ0v) is 14.3. The molecule has 1 N–H and O–H groups in total. The Kier molecular flexibility index (Phi) is 6.77. The van der Waals surface area contributed by atoms with Gasteiger partial charge in [-0.3, -0.25) is 9.59 Å². The van der Waals surface area contributed by atoms with E-state index in [9.17, 15) is 22.8 Å². The molecule has 4 nitrogen and oxygen atoms in total. The maximum Gasteiger partial charge on any atom is 0.223 e. The number of nitrogens with one attached hydrogen (secondary N) is 1. The fraction of sp³-hybridized carbons (Fsp3) is 0.263. The zero-order valence-electron chi connectivity index (χ0n) is 14.3. The highest BCUT2D eigenvalue weighted by Gasteiger charge is 2.15. The molecule has 0 saturated carbocycles. The van der Waals surface area contributed by atoms with Crippen molar-refractivity contribution in [3.63, 3.8) is 0 Å². The van der Waals surface area contributed by atoms with Gasteiger partial charge in [0, 0.05) is 38.2 Å². The fourth-order valence-corrected chi connectivity index (χ4v) is 2.46. The van der Waals surface area contributed by atoms with Gasteiger partial charge in [-0.1, -0.05) is 18.2 Å². The summed E-state index contributed by atoms with van der Waals surface area (Å²) in [5, 5.41) is 2.65. The summed E-state index contributed by atoms with van der Waals surface area (Å²) < 4.78 is 39.8. The van der Waals surface area contributed by atoms with Crippen molar-refractivity contribution in [2.24, 2.45) is 0 Å². The van der Waals surface area contributed by atoms with Crippen LogP contribution in [0.15, 0.2) is 42.5 Å². The minimum atomic E-state index is -1.07. The van der Waals surface area contributed by atoms with Gasteiger partial charge in [-0.25, -0.2) is 13.2 Å². The third-order valence-corrected chi connectivity index (χ3v) is 3.83. The lowest BCUT2D eigenvalue weighted by atomic mass is 10.1. The first kappa shape index (κ1) is 19.5. The maximum atomic E-state index is 13.5. The van der Waals surface area contributed by atoms with E-state index in [2.05, 4.69) is 5.32 Å². The van der Waals surface area contributed by atoms with Crippen LogP contribution >= 0.6 is 0 Å². The van der Waals surface area contributed by atoms with E-state index in [1.807, 2.05) is 0 Å². The average Bonchev–Trinajstić information content (AvgIpc) is 2.59. The number of anilines is 1. The van der Waals surface area contributed by atoms with Crippen LogP contribution in [0, 0.1) is 17.5 Å². The van der Waals surface area contributed by atoms with Gasteiger partial charge in [0.05, 0.1) is 0 Å². The normalized spacial score (nSPS) is 10.5. The van der Waals surface area contributed by atoms with Gasteiger partial charge < -0.3 is 10.2 Å². The molecule has 0 atom stereocenters. The van der Waals surface area contributed by atoms with E-state index >= 15 is 0 Å². The molecule has 0 aliphatic carbocycles.